The molecule has 8 nitrogen and oxygen atoms in total. The molecule has 24 heavy (non-hydrogen) atoms. The SMILES string of the molecule is CCn1c(N2CCNCC2)c(OC(=O)O)c(=O)c2cc(F)cnc21. The molecule has 0 aliphatic carbocycles. The van der Waals surface area contributed by atoms with Crippen LogP contribution < -0.4 is 20.4 Å². The van der Waals surface area contributed by atoms with Crippen LogP contribution in [0.3, 0.4) is 0 Å². The zero-order valence-corrected chi connectivity index (χ0v) is 13.1. The van der Waals surface area contributed by atoms with Gasteiger partial charge < -0.3 is 24.6 Å². The molecule has 3 heterocycles. The number of rotatable bonds is 3. The van der Waals surface area contributed by atoms with Crippen LogP contribution in [-0.2, 0) is 6.54 Å². The number of piperazine rings is 1. The monoisotopic (exact) mass is 336 g/mol. The standard InChI is InChI=1S/C15H17FN4O4/c1-2-20-13-10(7-9(16)8-18-13)11(21)12(24-15(22)23)14(20)19-5-3-17-4-6-19/h7-8,17H,2-6H2,1H3,(H,22,23). The predicted octanol–water partition coefficient (Wildman–Crippen LogP) is 1.02. The average molecular weight is 336 g/mol. The van der Waals surface area contributed by atoms with Gasteiger partial charge in [0.25, 0.3) is 0 Å². The van der Waals surface area contributed by atoms with Crippen LogP contribution in [0.25, 0.3) is 11.0 Å². The number of carboxylic acid groups (broad SMARTS) is 1. The molecule has 1 fully saturated rings. The van der Waals surface area contributed by atoms with Crippen LogP contribution in [0, 0.1) is 5.82 Å². The lowest BCUT2D eigenvalue weighted by Crippen LogP contribution is -2.45. The maximum Gasteiger partial charge on any atom is 0.511 e. The van der Waals surface area contributed by atoms with Gasteiger partial charge in [0.05, 0.1) is 11.6 Å². The number of aromatic nitrogens is 2. The summed E-state index contributed by atoms with van der Waals surface area (Å²) in [6.07, 6.45) is -0.553. The molecule has 128 valence electrons. The van der Waals surface area contributed by atoms with Gasteiger partial charge in [0, 0.05) is 32.7 Å². The highest BCUT2D eigenvalue weighted by molar-refractivity contribution is 5.82. The third-order valence-corrected chi connectivity index (χ3v) is 3.92. The Labute approximate surface area is 136 Å². The fraction of sp³-hybridized carbons (Fsp3) is 0.400. The Morgan fingerprint density at radius 2 is 2.17 bits per heavy atom. The lowest BCUT2D eigenvalue weighted by Gasteiger charge is -2.32. The van der Waals surface area contributed by atoms with Crippen molar-refractivity contribution in [3.63, 3.8) is 0 Å². The van der Waals surface area contributed by atoms with Crippen LogP contribution in [0.5, 0.6) is 5.75 Å². The van der Waals surface area contributed by atoms with E-state index in [9.17, 15) is 14.0 Å². The van der Waals surface area contributed by atoms with E-state index in [4.69, 9.17) is 9.84 Å². The first-order valence-electron chi connectivity index (χ1n) is 7.61. The molecule has 2 N–H and O–H groups in total. The number of pyridine rings is 2. The Morgan fingerprint density at radius 3 is 2.79 bits per heavy atom. The fourth-order valence-corrected chi connectivity index (χ4v) is 2.93. The molecule has 0 radical (unpaired) electrons. The smallest absolute Gasteiger partial charge is 0.449 e. The van der Waals surface area contributed by atoms with Crippen LogP contribution in [0.2, 0.25) is 0 Å². The summed E-state index contributed by atoms with van der Waals surface area (Å²) in [6.45, 7) is 4.82. The summed E-state index contributed by atoms with van der Waals surface area (Å²) in [5.41, 5.74) is -0.382. The number of nitrogens with one attached hydrogen (secondary N) is 1. The third-order valence-electron chi connectivity index (χ3n) is 3.92. The van der Waals surface area contributed by atoms with Gasteiger partial charge in [0.2, 0.25) is 11.2 Å². The second kappa shape index (κ2) is 6.44. The van der Waals surface area contributed by atoms with Gasteiger partial charge in [-0.05, 0) is 13.0 Å². The van der Waals surface area contributed by atoms with E-state index in [2.05, 4.69) is 10.3 Å². The van der Waals surface area contributed by atoms with Crippen molar-refractivity contribution in [3.8, 4) is 5.75 Å². The first-order valence-corrected chi connectivity index (χ1v) is 7.61. The van der Waals surface area contributed by atoms with Crippen molar-refractivity contribution >= 4 is 23.0 Å². The summed E-state index contributed by atoms with van der Waals surface area (Å²) in [5.74, 6) is -0.623. The molecule has 3 rings (SSSR count). The van der Waals surface area contributed by atoms with Crippen molar-refractivity contribution < 1.29 is 19.0 Å². The summed E-state index contributed by atoms with van der Waals surface area (Å²) in [6, 6.07) is 1.05. The molecule has 1 saturated heterocycles. The van der Waals surface area contributed by atoms with Gasteiger partial charge in [0.1, 0.15) is 11.5 Å². The molecule has 0 bridgehead atoms. The number of fused-ring (bicyclic) bond motifs is 1. The van der Waals surface area contributed by atoms with Gasteiger partial charge in [-0.1, -0.05) is 0 Å². The number of carbonyl (C=O) groups is 1. The topological polar surface area (TPSA) is 96.7 Å². The average Bonchev–Trinajstić information content (AvgIpc) is 2.57. The van der Waals surface area contributed by atoms with Crippen molar-refractivity contribution in [2.75, 3.05) is 31.1 Å². The second-order valence-electron chi connectivity index (χ2n) is 5.36. The van der Waals surface area contributed by atoms with E-state index in [1.54, 1.807) is 4.57 Å². The van der Waals surface area contributed by atoms with Crippen molar-refractivity contribution in [1.29, 1.82) is 0 Å². The molecule has 0 amide bonds. The Morgan fingerprint density at radius 1 is 1.46 bits per heavy atom. The number of ether oxygens (including phenoxy) is 1. The molecule has 2 aromatic heterocycles. The highest BCUT2D eigenvalue weighted by Crippen LogP contribution is 2.29. The van der Waals surface area contributed by atoms with E-state index < -0.39 is 17.4 Å². The molecule has 0 saturated carbocycles. The normalized spacial score (nSPS) is 14.8. The van der Waals surface area contributed by atoms with E-state index in [-0.39, 0.29) is 11.1 Å². The van der Waals surface area contributed by atoms with Gasteiger partial charge in [0.15, 0.2) is 5.82 Å². The molecule has 9 heteroatoms. The third kappa shape index (κ3) is 2.78. The summed E-state index contributed by atoms with van der Waals surface area (Å²) in [7, 11) is 0. The molecule has 0 spiro atoms. The lowest BCUT2D eigenvalue weighted by molar-refractivity contribution is 0.144. The minimum atomic E-state index is -1.59. The fourth-order valence-electron chi connectivity index (χ4n) is 2.93. The Hall–Kier alpha value is -2.68. The van der Waals surface area contributed by atoms with Crippen LogP contribution in [-0.4, -0.2) is 47.0 Å². The first-order chi connectivity index (χ1) is 11.5. The van der Waals surface area contributed by atoms with Crippen molar-refractivity contribution in [1.82, 2.24) is 14.9 Å². The zero-order valence-electron chi connectivity index (χ0n) is 13.1. The number of hydrogen-bond donors (Lipinski definition) is 2. The Bertz CT molecular complexity index is 845. The first kappa shape index (κ1) is 16.2. The number of hydrogen-bond acceptors (Lipinski definition) is 6. The molecule has 1 aliphatic heterocycles. The van der Waals surface area contributed by atoms with Gasteiger partial charge in [-0.25, -0.2) is 14.2 Å². The Balaban J connectivity index is 2.34. The number of nitrogens with zero attached hydrogens (tertiary/aromatic N) is 3. The molecule has 0 unspecified atom stereocenters. The van der Waals surface area contributed by atoms with Crippen molar-refractivity contribution in [2.45, 2.75) is 13.5 Å². The van der Waals surface area contributed by atoms with E-state index in [1.165, 1.54) is 0 Å². The van der Waals surface area contributed by atoms with Crippen LogP contribution in [0.1, 0.15) is 6.92 Å². The number of anilines is 1. The molecule has 0 atom stereocenters. The maximum absolute atomic E-state index is 13.5. The van der Waals surface area contributed by atoms with Crippen LogP contribution in [0.15, 0.2) is 17.1 Å². The van der Waals surface area contributed by atoms with Crippen LogP contribution >= 0.6 is 0 Å². The molecular formula is C15H17FN4O4. The predicted molar refractivity (Wildman–Crippen MR) is 85.4 cm³/mol. The number of halogens is 1. The summed E-state index contributed by atoms with van der Waals surface area (Å²) < 4.78 is 20.0. The summed E-state index contributed by atoms with van der Waals surface area (Å²) in [5, 5.41) is 12.2. The van der Waals surface area contributed by atoms with Gasteiger partial charge >= 0.3 is 6.16 Å². The lowest BCUT2D eigenvalue weighted by atomic mass is 10.2. The van der Waals surface area contributed by atoms with Crippen LogP contribution in [0.4, 0.5) is 15.0 Å². The summed E-state index contributed by atoms with van der Waals surface area (Å²) >= 11 is 0. The van der Waals surface area contributed by atoms with E-state index in [1.807, 2.05) is 11.8 Å². The van der Waals surface area contributed by atoms with E-state index in [0.29, 0.717) is 44.2 Å². The van der Waals surface area contributed by atoms with E-state index in [0.717, 1.165) is 12.3 Å². The zero-order chi connectivity index (χ0) is 17.3. The molecule has 2 aromatic rings. The molecule has 1 aliphatic rings. The summed E-state index contributed by atoms with van der Waals surface area (Å²) in [4.78, 5) is 29.7. The van der Waals surface area contributed by atoms with Gasteiger partial charge in [-0.2, -0.15) is 0 Å². The number of aryl methyl sites for hydroxylation is 1. The highest BCUT2D eigenvalue weighted by Gasteiger charge is 2.26. The van der Waals surface area contributed by atoms with E-state index >= 15 is 0 Å². The highest BCUT2D eigenvalue weighted by atomic mass is 19.1. The molecular weight excluding hydrogens is 319 g/mol. The Kier molecular flexibility index (Phi) is 4.34. The minimum absolute atomic E-state index is 0.00742. The van der Waals surface area contributed by atoms with Crippen molar-refractivity contribution in [2.24, 2.45) is 0 Å². The second-order valence-corrected chi connectivity index (χ2v) is 5.36. The van der Waals surface area contributed by atoms with Crippen molar-refractivity contribution in [3.05, 3.63) is 28.3 Å². The minimum Gasteiger partial charge on any atom is -0.449 e. The maximum atomic E-state index is 13.5. The largest absolute Gasteiger partial charge is 0.511 e. The quantitative estimate of drug-likeness (QED) is 0.808. The van der Waals surface area contributed by atoms with Gasteiger partial charge in [-0.3, -0.25) is 4.79 Å². The molecule has 0 aromatic carbocycles. The van der Waals surface area contributed by atoms with Gasteiger partial charge in [-0.15, -0.1) is 0 Å².